The van der Waals surface area contributed by atoms with Gasteiger partial charge in [-0.25, -0.2) is 9.97 Å². The second-order valence-electron chi connectivity index (χ2n) is 6.53. The second-order valence-corrected chi connectivity index (χ2v) is 6.53. The van der Waals surface area contributed by atoms with Gasteiger partial charge in [0.2, 0.25) is 5.91 Å². The van der Waals surface area contributed by atoms with E-state index in [0.717, 1.165) is 35.7 Å². The summed E-state index contributed by atoms with van der Waals surface area (Å²) in [6.45, 7) is 6.99. The molecule has 1 atom stereocenters. The third kappa shape index (κ3) is 4.20. The Balaban J connectivity index is 1.70. The highest BCUT2D eigenvalue weighted by Crippen LogP contribution is 2.18. The summed E-state index contributed by atoms with van der Waals surface area (Å²) < 4.78 is 3.98. The number of nitrogens with one attached hydrogen (secondary N) is 1. The summed E-state index contributed by atoms with van der Waals surface area (Å²) >= 11 is 0. The Morgan fingerprint density at radius 1 is 1.12 bits per heavy atom. The Morgan fingerprint density at radius 2 is 1.88 bits per heavy atom. The molecule has 26 heavy (non-hydrogen) atoms. The molecule has 0 bridgehead atoms. The first-order valence-corrected chi connectivity index (χ1v) is 8.85. The molecule has 1 unspecified atom stereocenters. The molecular weight excluding hydrogens is 326 g/mol. The highest BCUT2D eigenvalue weighted by Gasteiger charge is 2.16. The first kappa shape index (κ1) is 17.9. The summed E-state index contributed by atoms with van der Waals surface area (Å²) in [6, 6.07) is 10.0. The number of hydrogen-bond acceptors (Lipinski definition) is 3. The van der Waals surface area contributed by atoms with Crippen LogP contribution in [0.2, 0.25) is 0 Å². The van der Waals surface area contributed by atoms with Gasteiger partial charge in [0.05, 0.1) is 18.1 Å². The van der Waals surface area contributed by atoms with Crippen LogP contribution in [-0.4, -0.2) is 25.0 Å². The average molecular weight is 351 g/mol. The number of carbonyl (C=O) groups is 1. The highest BCUT2D eigenvalue weighted by atomic mass is 16.2. The molecule has 0 saturated carbocycles. The molecule has 2 heterocycles. The van der Waals surface area contributed by atoms with Crippen molar-refractivity contribution in [2.75, 3.05) is 0 Å². The zero-order valence-electron chi connectivity index (χ0n) is 15.5. The van der Waals surface area contributed by atoms with E-state index in [1.165, 1.54) is 0 Å². The first-order valence-electron chi connectivity index (χ1n) is 8.85. The van der Waals surface area contributed by atoms with Crippen LogP contribution in [-0.2, 0) is 17.9 Å². The van der Waals surface area contributed by atoms with E-state index in [2.05, 4.69) is 32.0 Å². The van der Waals surface area contributed by atoms with Gasteiger partial charge in [-0.1, -0.05) is 30.3 Å². The van der Waals surface area contributed by atoms with Crippen LogP contribution in [0.15, 0.2) is 49.1 Å². The quantitative estimate of drug-likeness (QED) is 0.712. The summed E-state index contributed by atoms with van der Waals surface area (Å²) in [7, 11) is 0. The molecule has 3 aromatic rings. The Labute approximate surface area is 153 Å². The Kier molecular flexibility index (Phi) is 5.51. The lowest BCUT2D eigenvalue weighted by molar-refractivity contribution is -0.122. The van der Waals surface area contributed by atoms with Gasteiger partial charge in [-0.15, -0.1) is 0 Å². The summed E-state index contributed by atoms with van der Waals surface area (Å²) in [5, 5.41) is 3.18. The van der Waals surface area contributed by atoms with Crippen molar-refractivity contribution in [2.24, 2.45) is 0 Å². The first-order chi connectivity index (χ1) is 12.5. The van der Waals surface area contributed by atoms with Crippen molar-refractivity contribution >= 4 is 5.91 Å². The molecule has 0 fully saturated rings. The minimum atomic E-state index is -0.0459. The van der Waals surface area contributed by atoms with Crippen LogP contribution in [0.3, 0.4) is 0 Å². The number of rotatable bonds is 7. The number of carbonyl (C=O) groups excluding carboxylic acids is 1. The van der Waals surface area contributed by atoms with Crippen LogP contribution in [0.25, 0.3) is 0 Å². The zero-order valence-corrected chi connectivity index (χ0v) is 15.5. The molecule has 0 radical (unpaired) electrons. The fourth-order valence-corrected chi connectivity index (χ4v) is 3.01. The van der Waals surface area contributed by atoms with Gasteiger partial charge in [-0.2, -0.15) is 0 Å². The maximum atomic E-state index is 12.6. The van der Waals surface area contributed by atoms with Gasteiger partial charge in [-0.05, 0) is 32.8 Å². The van der Waals surface area contributed by atoms with Crippen LogP contribution in [0.1, 0.15) is 35.2 Å². The summed E-state index contributed by atoms with van der Waals surface area (Å²) in [5.74, 6) is 0.967. The summed E-state index contributed by atoms with van der Waals surface area (Å²) in [5.41, 5.74) is 3.08. The molecule has 2 aromatic heterocycles. The van der Waals surface area contributed by atoms with E-state index in [0.29, 0.717) is 0 Å². The number of benzene rings is 1. The topological polar surface area (TPSA) is 64.7 Å². The van der Waals surface area contributed by atoms with Crippen molar-refractivity contribution in [3.63, 3.8) is 0 Å². The molecule has 6 nitrogen and oxygen atoms in total. The van der Waals surface area contributed by atoms with E-state index in [-0.39, 0.29) is 18.5 Å². The minimum Gasteiger partial charge on any atom is -0.348 e. The lowest BCUT2D eigenvalue weighted by Gasteiger charge is -2.20. The number of hydrogen-bond donors (Lipinski definition) is 1. The third-order valence-electron chi connectivity index (χ3n) is 4.78. The highest BCUT2D eigenvalue weighted by molar-refractivity contribution is 5.76. The van der Waals surface area contributed by atoms with Crippen molar-refractivity contribution in [3.05, 3.63) is 71.8 Å². The smallest absolute Gasteiger partial charge is 0.240 e. The predicted octanol–water partition coefficient (Wildman–Crippen LogP) is 2.95. The van der Waals surface area contributed by atoms with Gasteiger partial charge in [0, 0.05) is 24.6 Å². The van der Waals surface area contributed by atoms with Crippen LogP contribution in [0, 0.1) is 20.8 Å². The summed E-state index contributed by atoms with van der Waals surface area (Å²) in [4.78, 5) is 21.1. The van der Waals surface area contributed by atoms with Crippen LogP contribution >= 0.6 is 0 Å². The maximum Gasteiger partial charge on any atom is 0.240 e. The van der Waals surface area contributed by atoms with Crippen molar-refractivity contribution in [2.45, 2.75) is 46.3 Å². The number of aryl methyl sites for hydroxylation is 3. The van der Waals surface area contributed by atoms with Crippen molar-refractivity contribution in [3.8, 4) is 0 Å². The molecular formula is C20H25N5O. The SMILES string of the molecule is Cc1ncn(CC(=O)NC(CCn2ccnc2C)c2ccccc2)c1C. The van der Waals surface area contributed by atoms with Crippen LogP contribution in [0.5, 0.6) is 0 Å². The van der Waals surface area contributed by atoms with Gasteiger partial charge in [-0.3, -0.25) is 4.79 Å². The molecule has 0 aliphatic carbocycles. The zero-order chi connectivity index (χ0) is 18.5. The maximum absolute atomic E-state index is 12.6. The molecule has 1 aromatic carbocycles. The Bertz CT molecular complexity index is 865. The van der Waals surface area contributed by atoms with E-state index >= 15 is 0 Å². The number of nitrogens with zero attached hydrogens (tertiary/aromatic N) is 4. The van der Waals surface area contributed by atoms with Crippen LogP contribution in [0.4, 0.5) is 0 Å². The fraction of sp³-hybridized carbons (Fsp3) is 0.350. The molecule has 1 amide bonds. The molecule has 0 aliphatic heterocycles. The van der Waals surface area contributed by atoms with Crippen LogP contribution < -0.4 is 5.32 Å². The lowest BCUT2D eigenvalue weighted by Crippen LogP contribution is -2.32. The average Bonchev–Trinajstić information content (AvgIpc) is 3.19. The van der Waals surface area contributed by atoms with E-state index in [9.17, 15) is 4.79 Å². The van der Waals surface area contributed by atoms with E-state index < -0.39 is 0 Å². The van der Waals surface area contributed by atoms with E-state index in [1.807, 2.05) is 49.7 Å². The minimum absolute atomic E-state index is 0.0123. The standard InChI is InChI=1S/C20H25N5O/c1-15-16(2)25(14-22-15)13-20(26)23-19(18-7-5-4-6-8-18)9-11-24-12-10-21-17(24)3/h4-8,10,12,14,19H,9,11,13H2,1-3H3,(H,23,26). The molecule has 0 aliphatic rings. The number of amides is 1. The van der Waals surface area contributed by atoms with Gasteiger partial charge in [0.25, 0.3) is 0 Å². The number of imidazole rings is 2. The molecule has 136 valence electrons. The predicted molar refractivity (Wildman–Crippen MR) is 101 cm³/mol. The third-order valence-corrected chi connectivity index (χ3v) is 4.78. The van der Waals surface area contributed by atoms with Crippen molar-refractivity contribution < 1.29 is 4.79 Å². The normalized spacial score (nSPS) is 12.1. The Morgan fingerprint density at radius 3 is 2.50 bits per heavy atom. The molecule has 0 spiro atoms. The van der Waals surface area contributed by atoms with Gasteiger partial charge < -0.3 is 14.5 Å². The van der Waals surface area contributed by atoms with E-state index in [4.69, 9.17) is 0 Å². The van der Waals surface area contributed by atoms with Gasteiger partial charge in [0.15, 0.2) is 0 Å². The molecule has 1 N–H and O–H groups in total. The monoisotopic (exact) mass is 351 g/mol. The van der Waals surface area contributed by atoms with Gasteiger partial charge in [0.1, 0.15) is 12.4 Å². The fourth-order valence-electron chi connectivity index (χ4n) is 3.01. The second kappa shape index (κ2) is 7.99. The molecule has 6 heteroatoms. The summed E-state index contributed by atoms with van der Waals surface area (Å²) in [6.07, 6.45) is 6.29. The van der Waals surface area contributed by atoms with Crippen molar-refractivity contribution in [1.29, 1.82) is 0 Å². The lowest BCUT2D eigenvalue weighted by atomic mass is 10.0. The Hall–Kier alpha value is -2.89. The number of aromatic nitrogens is 4. The molecule has 3 rings (SSSR count). The van der Waals surface area contributed by atoms with Crippen molar-refractivity contribution in [1.82, 2.24) is 24.4 Å². The molecule has 0 saturated heterocycles. The largest absolute Gasteiger partial charge is 0.348 e. The van der Waals surface area contributed by atoms with Gasteiger partial charge >= 0.3 is 0 Å². The van der Waals surface area contributed by atoms with E-state index in [1.54, 1.807) is 12.5 Å².